The molecular formula is C31H34Cl2N4O4. The number of hydrogen-bond donors (Lipinski definition) is 1. The molecule has 1 saturated heterocycles. The number of carbonyl (C=O) groups is 2. The molecule has 0 spiro atoms. The molecule has 8 nitrogen and oxygen atoms in total. The minimum Gasteiger partial charge on any atom is -0.361 e. The van der Waals surface area contributed by atoms with Crippen LogP contribution in [-0.4, -0.2) is 43.0 Å². The molecule has 10 heteroatoms. The Kier molecular flexibility index (Phi) is 14.5. The van der Waals surface area contributed by atoms with Gasteiger partial charge in [-0.2, -0.15) is 10.2 Å². The van der Waals surface area contributed by atoms with Crippen LogP contribution in [0.25, 0.3) is 0 Å². The zero-order chi connectivity index (χ0) is 30.2. The first kappa shape index (κ1) is 33.4. The molecule has 2 unspecified atom stereocenters. The van der Waals surface area contributed by atoms with E-state index in [0.717, 1.165) is 16.7 Å². The fraction of sp³-hybridized carbons (Fsp3) is 0.323. The number of morpholine rings is 1. The second-order valence-electron chi connectivity index (χ2n) is 9.19. The van der Waals surface area contributed by atoms with Crippen LogP contribution in [-0.2, 0) is 14.3 Å². The fourth-order valence-corrected chi connectivity index (χ4v) is 4.12. The maximum atomic E-state index is 12.6. The quantitative estimate of drug-likeness (QED) is 0.238. The zero-order valence-corrected chi connectivity index (χ0v) is 24.9. The Bertz CT molecular complexity index is 1290. The van der Waals surface area contributed by atoms with Crippen molar-refractivity contribution in [1.82, 2.24) is 10.2 Å². The molecule has 2 atom stereocenters. The van der Waals surface area contributed by atoms with E-state index >= 15 is 0 Å². The van der Waals surface area contributed by atoms with Crippen molar-refractivity contribution in [3.8, 4) is 6.07 Å². The van der Waals surface area contributed by atoms with Crippen molar-refractivity contribution in [3.63, 3.8) is 0 Å². The Hall–Kier alpha value is -3.77. The summed E-state index contributed by atoms with van der Waals surface area (Å²) in [6, 6.07) is 23.2. The molecule has 0 bridgehead atoms. The van der Waals surface area contributed by atoms with Gasteiger partial charge in [0.05, 0.1) is 24.2 Å². The van der Waals surface area contributed by atoms with Crippen LogP contribution in [0.3, 0.4) is 0 Å². The van der Waals surface area contributed by atoms with Gasteiger partial charge in [-0.15, -0.1) is 0 Å². The van der Waals surface area contributed by atoms with E-state index in [9.17, 15) is 14.5 Å². The lowest BCUT2D eigenvalue weighted by atomic mass is 9.92. The van der Waals surface area contributed by atoms with Crippen LogP contribution in [0, 0.1) is 23.2 Å². The second-order valence-corrected chi connectivity index (χ2v) is 10.1. The number of carbonyl (C=O) groups excluding carboxylic acids is 2. The summed E-state index contributed by atoms with van der Waals surface area (Å²) in [5, 5.41) is 14.8. The molecule has 216 valence electrons. The number of nitrogens with zero attached hydrogens (tertiary/aromatic N) is 3. The van der Waals surface area contributed by atoms with E-state index < -0.39 is 12.1 Å². The van der Waals surface area contributed by atoms with Gasteiger partial charge < -0.3 is 15.0 Å². The average Bonchev–Trinajstić information content (AvgIpc) is 2.96. The molecule has 3 aromatic carbocycles. The number of nitroso groups, excluding NO2 is 1. The number of amides is 2. The van der Waals surface area contributed by atoms with Crippen LogP contribution in [0.4, 0.5) is 0 Å². The summed E-state index contributed by atoms with van der Waals surface area (Å²) in [6.07, 6.45) is 0.760. The lowest BCUT2D eigenvalue weighted by Crippen LogP contribution is -2.49. The van der Waals surface area contributed by atoms with Crippen LogP contribution >= 0.6 is 23.2 Å². The number of benzene rings is 3. The van der Waals surface area contributed by atoms with E-state index in [1.165, 1.54) is 16.9 Å². The molecule has 0 radical (unpaired) electrons. The third kappa shape index (κ3) is 11.0. The molecule has 1 N–H and O–H groups in total. The summed E-state index contributed by atoms with van der Waals surface area (Å²) in [5.41, 5.74) is 3.52. The van der Waals surface area contributed by atoms with Gasteiger partial charge in [0.25, 0.3) is 0 Å². The second kappa shape index (κ2) is 17.8. The van der Waals surface area contributed by atoms with E-state index in [4.69, 9.17) is 33.2 Å². The molecule has 4 rings (SSSR count). The van der Waals surface area contributed by atoms with Crippen molar-refractivity contribution in [2.75, 3.05) is 26.2 Å². The first-order valence-electron chi connectivity index (χ1n) is 13.2. The maximum Gasteiger partial charge on any atom is 0.249 e. The van der Waals surface area contributed by atoms with Gasteiger partial charge in [0.2, 0.25) is 11.8 Å². The van der Waals surface area contributed by atoms with Crippen LogP contribution in [0.5, 0.6) is 0 Å². The predicted molar refractivity (Wildman–Crippen MR) is 162 cm³/mol. The minimum absolute atomic E-state index is 0.0309. The molecule has 0 aromatic heterocycles. The van der Waals surface area contributed by atoms with Gasteiger partial charge in [0.1, 0.15) is 19.3 Å². The van der Waals surface area contributed by atoms with E-state index in [1.807, 2.05) is 43.3 Å². The van der Waals surface area contributed by atoms with Gasteiger partial charge in [-0.3, -0.25) is 9.59 Å². The smallest absolute Gasteiger partial charge is 0.249 e. The Labute approximate surface area is 251 Å². The number of halogens is 2. The summed E-state index contributed by atoms with van der Waals surface area (Å²) in [5.74, 6) is -0.684. The Balaban J connectivity index is 0.000000408. The minimum atomic E-state index is -0.537. The summed E-state index contributed by atoms with van der Waals surface area (Å²) >= 11 is 12.0. The van der Waals surface area contributed by atoms with E-state index in [-0.39, 0.29) is 38.1 Å². The first-order valence-corrected chi connectivity index (χ1v) is 13.9. The van der Waals surface area contributed by atoms with Crippen molar-refractivity contribution < 1.29 is 14.3 Å². The summed E-state index contributed by atoms with van der Waals surface area (Å²) in [6.45, 7) is 6.02. The largest absolute Gasteiger partial charge is 0.361 e. The number of aryl methyl sites for hydroxylation is 1. The van der Waals surface area contributed by atoms with Crippen molar-refractivity contribution in [2.45, 2.75) is 39.3 Å². The topological polar surface area (TPSA) is 112 Å². The van der Waals surface area contributed by atoms with Crippen molar-refractivity contribution in [1.29, 1.82) is 5.26 Å². The van der Waals surface area contributed by atoms with Crippen LogP contribution in [0.15, 0.2) is 78.0 Å². The Morgan fingerprint density at radius 1 is 1.00 bits per heavy atom. The number of rotatable bonds is 7. The highest BCUT2D eigenvalue weighted by Crippen LogP contribution is 2.40. The summed E-state index contributed by atoms with van der Waals surface area (Å²) < 4.78 is 5.87. The van der Waals surface area contributed by atoms with Crippen molar-refractivity contribution in [2.24, 2.45) is 5.18 Å². The highest BCUT2D eigenvalue weighted by molar-refractivity contribution is 6.30. The van der Waals surface area contributed by atoms with Crippen LogP contribution < -0.4 is 5.32 Å². The Morgan fingerprint density at radius 2 is 1.54 bits per heavy atom. The molecule has 1 heterocycles. The van der Waals surface area contributed by atoms with Gasteiger partial charge in [0.15, 0.2) is 0 Å². The molecule has 0 aliphatic carbocycles. The highest BCUT2D eigenvalue weighted by Gasteiger charge is 2.39. The SMILES string of the molecule is CCC.Cc1ccc(C#N)cc1.O=NCCNC(=O)CN1C(=O)COC(c2ccc(Cl)cc2)C1c1ccc(Cl)cc1. The maximum absolute atomic E-state index is 12.6. The number of nitrogens with one attached hydrogen (secondary N) is 1. The first-order chi connectivity index (χ1) is 19.7. The Morgan fingerprint density at radius 3 is 2.05 bits per heavy atom. The summed E-state index contributed by atoms with van der Waals surface area (Å²) in [4.78, 5) is 36.7. The standard InChI is InChI=1S/C20H19Cl2N3O4.C8H7N.C3H8/c21-15-5-1-13(2-6-15)19-20(14-3-7-16(22)8-4-14)29-12-18(27)25(19)11-17(26)23-9-10-24-28;1-7-2-4-8(6-9)5-3-7;1-3-2/h1-8,19-20H,9-12H2,(H,23,26);2-5H,1H3;3H2,1-2H3. The molecule has 41 heavy (non-hydrogen) atoms. The van der Waals surface area contributed by atoms with Crippen molar-refractivity contribution >= 4 is 35.0 Å². The lowest BCUT2D eigenvalue weighted by molar-refractivity contribution is -0.160. The molecule has 2 amide bonds. The van der Waals surface area contributed by atoms with Gasteiger partial charge in [0, 0.05) is 16.6 Å². The predicted octanol–water partition coefficient (Wildman–Crippen LogP) is 6.80. The average molecular weight is 598 g/mol. The normalized spacial score (nSPS) is 15.8. The fourth-order valence-electron chi connectivity index (χ4n) is 3.87. The third-order valence-corrected chi connectivity index (χ3v) is 6.26. The van der Waals surface area contributed by atoms with Gasteiger partial charge >= 0.3 is 0 Å². The highest BCUT2D eigenvalue weighted by atomic mass is 35.5. The molecule has 3 aromatic rings. The molecule has 1 aliphatic heterocycles. The van der Waals surface area contributed by atoms with Gasteiger partial charge in [-0.1, -0.05) is 90.6 Å². The number of hydrogen-bond acceptors (Lipinski definition) is 6. The van der Waals surface area contributed by atoms with Gasteiger partial charge in [-0.25, -0.2) is 0 Å². The summed E-state index contributed by atoms with van der Waals surface area (Å²) in [7, 11) is 0. The van der Waals surface area contributed by atoms with E-state index in [1.54, 1.807) is 36.4 Å². The van der Waals surface area contributed by atoms with E-state index in [0.29, 0.717) is 10.0 Å². The molecule has 1 fully saturated rings. The van der Waals surface area contributed by atoms with Crippen molar-refractivity contribution in [3.05, 3.63) is 110 Å². The molecular weight excluding hydrogens is 563 g/mol. The number of ether oxygens (including phenoxy) is 1. The molecule has 0 saturated carbocycles. The van der Waals surface area contributed by atoms with Crippen LogP contribution in [0.1, 0.15) is 54.7 Å². The van der Waals surface area contributed by atoms with Gasteiger partial charge in [-0.05, 0) is 54.4 Å². The van der Waals surface area contributed by atoms with E-state index in [2.05, 4.69) is 30.4 Å². The lowest BCUT2D eigenvalue weighted by Gasteiger charge is -2.41. The number of nitriles is 1. The zero-order valence-electron chi connectivity index (χ0n) is 23.3. The van der Waals surface area contributed by atoms with Crippen LogP contribution in [0.2, 0.25) is 10.0 Å². The third-order valence-electron chi connectivity index (χ3n) is 5.76. The molecule has 1 aliphatic rings. The monoisotopic (exact) mass is 596 g/mol.